The molecule has 4 nitrogen and oxygen atoms in total. The van der Waals surface area contributed by atoms with Crippen LogP contribution in [0.1, 0.15) is 15.9 Å². The van der Waals surface area contributed by atoms with E-state index in [1.807, 2.05) is 24.3 Å². The van der Waals surface area contributed by atoms with Gasteiger partial charge in [-0.25, -0.2) is 4.98 Å². The molecule has 1 heterocycles. The molecular weight excluding hydrogens is 308 g/mol. The number of nitrogens with one attached hydrogen (secondary N) is 1. The first-order chi connectivity index (χ1) is 9.20. The van der Waals surface area contributed by atoms with Crippen LogP contribution in [0.4, 0.5) is 0 Å². The average Bonchev–Trinajstić information content (AvgIpc) is 2.46. The van der Waals surface area contributed by atoms with Gasteiger partial charge < -0.3 is 10.1 Å². The van der Waals surface area contributed by atoms with Crippen molar-refractivity contribution in [3.05, 3.63) is 58.2 Å². The number of hydrogen-bond acceptors (Lipinski definition) is 3. The van der Waals surface area contributed by atoms with E-state index in [-0.39, 0.29) is 5.91 Å². The molecule has 19 heavy (non-hydrogen) atoms. The maximum atomic E-state index is 12.0. The molecule has 0 bridgehead atoms. The van der Waals surface area contributed by atoms with E-state index in [1.54, 1.807) is 18.3 Å². The van der Waals surface area contributed by atoms with E-state index >= 15 is 0 Å². The van der Waals surface area contributed by atoms with Crippen molar-refractivity contribution in [3.8, 4) is 5.88 Å². The minimum atomic E-state index is -0.201. The molecule has 0 radical (unpaired) electrons. The summed E-state index contributed by atoms with van der Waals surface area (Å²) in [5, 5.41) is 2.84. The van der Waals surface area contributed by atoms with Crippen molar-refractivity contribution in [2.24, 2.45) is 0 Å². The molecule has 0 saturated heterocycles. The Kier molecular flexibility index (Phi) is 4.52. The highest BCUT2D eigenvalue weighted by molar-refractivity contribution is 9.10. The molecule has 1 amide bonds. The summed E-state index contributed by atoms with van der Waals surface area (Å²) in [6, 6.07) is 11.2. The zero-order valence-electron chi connectivity index (χ0n) is 10.4. The van der Waals surface area contributed by atoms with Gasteiger partial charge in [0, 0.05) is 17.2 Å². The molecule has 0 fully saturated rings. The molecule has 2 aromatic rings. The number of pyridine rings is 1. The summed E-state index contributed by atoms with van der Waals surface area (Å²) in [5.74, 6) is 0.128. The second-order valence-corrected chi connectivity index (χ2v) is 4.79. The number of carbonyl (C=O) groups excluding carboxylic acids is 1. The van der Waals surface area contributed by atoms with Gasteiger partial charge in [-0.2, -0.15) is 0 Å². The van der Waals surface area contributed by atoms with Gasteiger partial charge in [0.1, 0.15) is 5.56 Å². The van der Waals surface area contributed by atoms with Gasteiger partial charge >= 0.3 is 0 Å². The molecule has 0 atom stereocenters. The molecule has 0 aliphatic carbocycles. The molecule has 0 aliphatic heterocycles. The van der Waals surface area contributed by atoms with Gasteiger partial charge in [-0.3, -0.25) is 4.79 Å². The summed E-state index contributed by atoms with van der Waals surface area (Å²) < 4.78 is 6.07. The number of hydrogen-bond donors (Lipinski definition) is 1. The van der Waals surface area contributed by atoms with Crippen molar-refractivity contribution >= 4 is 21.8 Å². The van der Waals surface area contributed by atoms with Crippen LogP contribution in [-0.2, 0) is 6.54 Å². The van der Waals surface area contributed by atoms with Crippen molar-refractivity contribution in [2.45, 2.75) is 6.54 Å². The van der Waals surface area contributed by atoms with Crippen LogP contribution in [0.2, 0.25) is 0 Å². The fraction of sp³-hybridized carbons (Fsp3) is 0.143. The van der Waals surface area contributed by atoms with E-state index in [9.17, 15) is 4.79 Å². The fourth-order valence-electron chi connectivity index (χ4n) is 1.61. The first-order valence-corrected chi connectivity index (χ1v) is 6.51. The van der Waals surface area contributed by atoms with Crippen LogP contribution in [0.5, 0.6) is 5.88 Å². The SMILES string of the molecule is COc1ncccc1C(=O)NCc1ccc(Br)cc1. The number of halogens is 1. The van der Waals surface area contributed by atoms with Crippen molar-refractivity contribution in [1.29, 1.82) is 0 Å². The van der Waals surface area contributed by atoms with Crippen LogP contribution < -0.4 is 10.1 Å². The molecule has 5 heteroatoms. The fourth-order valence-corrected chi connectivity index (χ4v) is 1.87. The summed E-state index contributed by atoms with van der Waals surface area (Å²) in [6.07, 6.45) is 1.59. The first kappa shape index (κ1) is 13.5. The minimum absolute atomic E-state index is 0.201. The molecule has 1 aromatic heterocycles. The highest BCUT2D eigenvalue weighted by Crippen LogP contribution is 2.14. The van der Waals surface area contributed by atoms with Crippen molar-refractivity contribution in [2.75, 3.05) is 7.11 Å². The Morgan fingerprint density at radius 3 is 2.74 bits per heavy atom. The Balaban J connectivity index is 2.03. The molecule has 0 unspecified atom stereocenters. The molecule has 1 N–H and O–H groups in total. The Labute approximate surface area is 119 Å². The number of benzene rings is 1. The van der Waals surface area contributed by atoms with Crippen LogP contribution in [0.25, 0.3) is 0 Å². The van der Waals surface area contributed by atoms with Crippen LogP contribution in [0, 0.1) is 0 Å². The molecule has 1 aromatic carbocycles. The molecule has 0 saturated carbocycles. The second-order valence-electron chi connectivity index (χ2n) is 3.87. The zero-order chi connectivity index (χ0) is 13.7. The van der Waals surface area contributed by atoms with E-state index in [2.05, 4.69) is 26.2 Å². The van der Waals surface area contributed by atoms with Gasteiger partial charge in [0.2, 0.25) is 5.88 Å². The summed E-state index contributed by atoms with van der Waals surface area (Å²) in [4.78, 5) is 16.0. The Morgan fingerprint density at radius 2 is 2.05 bits per heavy atom. The predicted molar refractivity (Wildman–Crippen MR) is 76.1 cm³/mol. The molecule has 98 valence electrons. The van der Waals surface area contributed by atoms with Crippen molar-refractivity contribution < 1.29 is 9.53 Å². The maximum absolute atomic E-state index is 12.0. The number of nitrogens with zero attached hydrogens (tertiary/aromatic N) is 1. The number of methoxy groups -OCH3 is 1. The third kappa shape index (κ3) is 3.54. The van der Waals surface area contributed by atoms with Gasteiger partial charge in [0.15, 0.2) is 0 Å². The molecular formula is C14H13BrN2O2. The van der Waals surface area contributed by atoms with Gasteiger partial charge in [-0.1, -0.05) is 28.1 Å². The monoisotopic (exact) mass is 320 g/mol. The molecule has 2 rings (SSSR count). The Bertz CT molecular complexity index is 570. The Hall–Kier alpha value is -1.88. The average molecular weight is 321 g/mol. The normalized spacial score (nSPS) is 10.0. The first-order valence-electron chi connectivity index (χ1n) is 5.72. The number of rotatable bonds is 4. The minimum Gasteiger partial charge on any atom is -0.480 e. The maximum Gasteiger partial charge on any atom is 0.257 e. The molecule has 0 spiro atoms. The topological polar surface area (TPSA) is 51.2 Å². The third-order valence-electron chi connectivity index (χ3n) is 2.58. The lowest BCUT2D eigenvalue weighted by Crippen LogP contribution is -2.23. The van der Waals surface area contributed by atoms with Crippen molar-refractivity contribution in [3.63, 3.8) is 0 Å². The zero-order valence-corrected chi connectivity index (χ0v) is 12.0. The number of amides is 1. The van der Waals surface area contributed by atoms with Gasteiger partial charge in [0.05, 0.1) is 7.11 Å². The van der Waals surface area contributed by atoms with E-state index in [4.69, 9.17) is 4.74 Å². The number of ether oxygens (including phenoxy) is 1. The van der Waals surface area contributed by atoms with Gasteiger partial charge in [0.25, 0.3) is 5.91 Å². The standard InChI is InChI=1S/C14H13BrN2O2/c1-19-14-12(3-2-8-16-14)13(18)17-9-10-4-6-11(15)7-5-10/h2-8H,9H2,1H3,(H,17,18). The predicted octanol–water partition coefficient (Wildman–Crippen LogP) is 2.78. The van der Waals surface area contributed by atoms with E-state index in [1.165, 1.54) is 7.11 Å². The summed E-state index contributed by atoms with van der Waals surface area (Å²) >= 11 is 3.37. The number of carbonyl (C=O) groups is 1. The highest BCUT2D eigenvalue weighted by atomic mass is 79.9. The highest BCUT2D eigenvalue weighted by Gasteiger charge is 2.11. The summed E-state index contributed by atoms with van der Waals surface area (Å²) in [7, 11) is 1.49. The quantitative estimate of drug-likeness (QED) is 0.942. The Morgan fingerprint density at radius 1 is 1.32 bits per heavy atom. The lowest BCUT2D eigenvalue weighted by molar-refractivity contribution is 0.0947. The lowest BCUT2D eigenvalue weighted by atomic mass is 10.2. The van der Waals surface area contributed by atoms with E-state index in [0.29, 0.717) is 18.0 Å². The summed E-state index contributed by atoms with van der Waals surface area (Å²) in [6.45, 7) is 0.462. The van der Waals surface area contributed by atoms with Gasteiger partial charge in [-0.15, -0.1) is 0 Å². The largest absolute Gasteiger partial charge is 0.480 e. The van der Waals surface area contributed by atoms with Gasteiger partial charge in [-0.05, 0) is 29.8 Å². The van der Waals surface area contributed by atoms with E-state index in [0.717, 1.165) is 10.0 Å². The summed E-state index contributed by atoms with van der Waals surface area (Å²) in [5.41, 5.74) is 1.46. The van der Waals surface area contributed by atoms with Crippen LogP contribution in [0.3, 0.4) is 0 Å². The third-order valence-corrected chi connectivity index (χ3v) is 3.10. The lowest BCUT2D eigenvalue weighted by Gasteiger charge is -2.08. The number of aromatic nitrogens is 1. The van der Waals surface area contributed by atoms with Crippen molar-refractivity contribution in [1.82, 2.24) is 10.3 Å². The molecule has 0 aliphatic rings. The van der Waals surface area contributed by atoms with Crippen LogP contribution >= 0.6 is 15.9 Å². The second kappa shape index (κ2) is 6.33. The van der Waals surface area contributed by atoms with Crippen LogP contribution in [-0.4, -0.2) is 18.0 Å². The van der Waals surface area contributed by atoms with Crippen LogP contribution in [0.15, 0.2) is 47.1 Å². The van der Waals surface area contributed by atoms with E-state index < -0.39 is 0 Å². The smallest absolute Gasteiger partial charge is 0.257 e.